The zero-order chi connectivity index (χ0) is 18.0. The van der Waals surface area contributed by atoms with Crippen LogP contribution in [0.2, 0.25) is 10.0 Å². The molecule has 1 saturated heterocycles. The number of nitrogens with one attached hydrogen (secondary N) is 1. The molecule has 0 atom stereocenters. The fraction of sp³-hybridized carbons (Fsp3) is 0.235. The molecule has 0 aliphatic carbocycles. The van der Waals surface area contributed by atoms with Gasteiger partial charge in [0.2, 0.25) is 0 Å². The Morgan fingerprint density at radius 2 is 1.77 bits per heavy atom. The van der Waals surface area contributed by atoms with E-state index in [1.54, 1.807) is 12.1 Å². The molecule has 1 aliphatic heterocycles. The van der Waals surface area contributed by atoms with Gasteiger partial charge in [0.05, 0.1) is 15.6 Å². The van der Waals surface area contributed by atoms with Crippen LogP contribution in [-0.2, 0) is 0 Å². The van der Waals surface area contributed by atoms with Crippen molar-refractivity contribution in [2.24, 2.45) is 0 Å². The summed E-state index contributed by atoms with van der Waals surface area (Å²) in [5.74, 6) is -0.468. The highest BCUT2D eigenvalue weighted by atomic mass is 35.5. The number of amides is 1. The molecule has 0 unspecified atom stereocenters. The molecule has 9 heteroatoms. The maximum atomic E-state index is 12.3. The molecule has 3 rings (SSSR count). The molecule has 0 aromatic heterocycles. The Morgan fingerprint density at radius 1 is 1.08 bits per heavy atom. The van der Waals surface area contributed by atoms with Crippen LogP contribution < -0.4 is 10.2 Å². The van der Waals surface area contributed by atoms with Crippen molar-refractivity contribution < 1.29 is 9.72 Å². The van der Waals surface area contributed by atoms with Crippen molar-refractivity contribution >= 4 is 58.6 Å². The van der Waals surface area contributed by atoms with Gasteiger partial charge in [0.15, 0.2) is 0 Å². The molecule has 6 nitrogen and oxygen atoms in total. The summed E-state index contributed by atoms with van der Waals surface area (Å²) >= 11 is 12.1. The zero-order valence-electron chi connectivity index (χ0n) is 13.6. The van der Waals surface area contributed by atoms with Crippen LogP contribution in [0.4, 0.5) is 17.1 Å². The highest BCUT2D eigenvalue weighted by Gasteiger charge is 2.18. The number of nitrogens with zero attached hydrogens (tertiary/aromatic N) is 2. The molecule has 26 heavy (non-hydrogen) atoms. The van der Waals surface area contributed by atoms with E-state index in [1.165, 1.54) is 12.1 Å². The van der Waals surface area contributed by atoms with Crippen LogP contribution in [0.15, 0.2) is 36.4 Å². The van der Waals surface area contributed by atoms with E-state index in [9.17, 15) is 14.9 Å². The van der Waals surface area contributed by atoms with Gasteiger partial charge in [-0.25, -0.2) is 0 Å². The molecule has 2 aromatic rings. The third-order valence-corrected chi connectivity index (χ3v) is 4.68. The second-order valence-electron chi connectivity index (χ2n) is 5.74. The first-order chi connectivity index (χ1) is 12.0. The highest BCUT2D eigenvalue weighted by Crippen LogP contribution is 2.31. The highest BCUT2D eigenvalue weighted by molar-refractivity contribution is 6.34. The van der Waals surface area contributed by atoms with Crippen LogP contribution in [0.25, 0.3) is 0 Å². The van der Waals surface area contributed by atoms with Crippen LogP contribution >= 0.6 is 35.6 Å². The average molecular weight is 417 g/mol. The molecule has 0 radical (unpaired) electrons. The third kappa shape index (κ3) is 4.38. The Balaban J connectivity index is 0.00000243. The predicted octanol–water partition coefficient (Wildman–Crippen LogP) is 5.18. The smallest absolute Gasteiger partial charge is 0.288 e. The average Bonchev–Trinajstić information content (AvgIpc) is 3.09. The van der Waals surface area contributed by atoms with Crippen molar-refractivity contribution in [3.8, 4) is 0 Å². The van der Waals surface area contributed by atoms with E-state index >= 15 is 0 Å². The minimum absolute atomic E-state index is 0. The van der Waals surface area contributed by atoms with Gasteiger partial charge in [-0.2, -0.15) is 0 Å². The molecule has 1 fully saturated rings. The minimum Gasteiger partial charge on any atom is -0.370 e. The number of rotatable bonds is 4. The Kier molecular flexibility index (Phi) is 6.69. The summed E-state index contributed by atoms with van der Waals surface area (Å²) in [6, 6.07) is 9.23. The van der Waals surface area contributed by atoms with Crippen molar-refractivity contribution in [2.75, 3.05) is 23.3 Å². The van der Waals surface area contributed by atoms with Gasteiger partial charge in [0.25, 0.3) is 11.6 Å². The number of benzene rings is 2. The standard InChI is InChI=1S/C17H15Cl2N3O3.ClH/c18-13-5-3-11(9-16(13)22(24)25)17(23)20-12-4-6-15(14(19)10-12)21-7-1-2-8-21;/h3-6,9-10H,1-2,7-8H2,(H,20,23);1H. The first-order valence-electron chi connectivity index (χ1n) is 7.75. The Bertz CT molecular complexity index is 839. The second kappa shape index (κ2) is 8.58. The molecule has 2 aromatic carbocycles. The van der Waals surface area contributed by atoms with Crippen LogP contribution in [0.1, 0.15) is 23.2 Å². The van der Waals surface area contributed by atoms with Crippen molar-refractivity contribution in [2.45, 2.75) is 12.8 Å². The van der Waals surface area contributed by atoms with E-state index in [-0.39, 0.29) is 28.7 Å². The molecule has 1 N–H and O–H groups in total. The fourth-order valence-corrected chi connectivity index (χ4v) is 3.28. The lowest BCUT2D eigenvalue weighted by molar-refractivity contribution is -0.384. The fourth-order valence-electron chi connectivity index (χ4n) is 2.80. The predicted molar refractivity (Wildman–Crippen MR) is 106 cm³/mol. The quantitative estimate of drug-likeness (QED) is 0.550. The topological polar surface area (TPSA) is 75.5 Å². The number of hydrogen-bond acceptors (Lipinski definition) is 4. The molecule has 0 spiro atoms. The molecular weight excluding hydrogens is 401 g/mol. The lowest BCUT2D eigenvalue weighted by Crippen LogP contribution is -2.18. The Morgan fingerprint density at radius 3 is 2.38 bits per heavy atom. The molecule has 1 aliphatic rings. The summed E-state index contributed by atoms with van der Waals surface area (Å²) < 4.78 is 0. The largest absolute Gasteiger partial charge is 0.370 e. The first-order valence-corrected chi connectivity index (χ1v) is 8.51. The van der Waals surface area contributed by atoms with E-state index in [0.29, 0.717) is 10.7 Å². The van der Waals surface area contributed by atoms with E-state index in [1.807, 2.05) is 6.07 Å². The summed E-state index contributed by atoms with van der Waals surface area (Å²) in [6.45, 7) is 1.94. The number of nitro benzene ring substituents is 1. The third-order valence-electron chi connectivity index (χ3n) is 4.06. The normalized spacial score (nSPS) is 13.2. The summed E-state index contributed by atoms with van der Waals surface area (Å²) in [6.07, 6.45) is 2.29. The van der Waals surface area contributed by atoms with Gasteiger partial charge in [0.1, 0.15) is 5.02 Å². The van der Waals surface area contributed by atoms with Gasteiger partial charge in [-0.3, -0.25) is 14.9 Å². The van der Waals surface area contributed by atoms with Crippen LogP contribution in [-0.4, -0.2) is 23.9 Å². The number of hydrogen-bond donors (Lipinski definition) is 1. The summed E-state index contributed by atoms with van der Waals surface area (Å²) in [7, 11) is 0. The molecule has 0 bridgehead atoms. The maximum absolute atomic E-state index is 12.3. The SMILES string of the molecule is Cl.O=C(Nc1ccc(N2CCCC2)c(Cl)c1)c1ccc(Cl)c([N+](=O)[O-])c1. The summed E-state index contributed by atoms with van der Waals surface area (Å²) in [5, 5.41) is 14.2. The van der Waals surface area contributed by atoms with E-state index < -0.39 is 10.8 Å². The molecule has 138 valence electrons. The van der Waals surface area contributed by atoms with Gasteiger partial charge in [0, 0.05) is 30.4 Å². The second-order valence-corrected chi connectivity index (χ2v) is 6.55. The van der Waals surface area contributed by atoms with Crippen molar-refractivity contribution in [1.82, 2.24) is 0 Å². The van der Waals surface area contributed by atoms with E-state index in [0.717, 1.165) is 37.7 Å². The van der Waals surface area contributed by atoms with Gasteiger partial charge >= 0.3 is 0 Å². The molecular formula is C17H16Cl3N3O3. The lowest BCUT2D eigenvalue weighted by atomic mass is 10.2. The van der Waals surface area contributed by atoms with E-state index in [4.69, 9.17) is 23.2 Å². The molecule has 0 saturated carbocycles. The van der Waals surface area contributed by atoms with Gasteiger partial charge in [-0.15, -0.1) is 12.4 Å². The minimum atomic E-state index is -0.624. The Labute approximate surface area is 166 Å². The number of halogens is 3. The molecule has 1 amide bonds. The Hall–Kier alpha value is -2.02. The monoisotopic (exact) mass is 415 g/mol. The van der Waals surface area contributed by atoms with Gasteiger partial charge < -0.3 is 10.2 Å². The van der Waals surface area contributed by atoms with Gasteiger partial charge in [-0.05, 0) is 43.2 Å². The summed E-state index contributed by atoms with van der Waals surface area (Å²) in [5.41, 5.74) is 1.31. The number of nitro groups is 1. The lowest BCUT2D eigenvalue weighted by Gasteiger charge is -2.19. The van der Waals surface area contributed by atoms with Crippen LogP contribution in [0.5, 0.6) is 0 Å². The maximum Gasteiger partial charge on any atom is 0.288 e. The molecule has 1 heterocycles. The van der Waals surface area contributed by atoms with Gasteiger partial charge in [-0.1, -0.05) is 23.2 Å². The summed E-state index contributed by atoms with van der Waals surface area (Å²) in [4.78, 5) is 24.8. The van der Waals surface area contributed by atoms with Crippen molar-refractivity contribution in [3.05, 3.63) is 62.1 Å². The number of anilines is 2. The number of carbonyl (C=O) groups excluding carboxylic acids is 1. The first kappa shape index (κ1) is 20.3. The number of carbonyl (C=O) groups is 1. The van der Waals surface area contributed by atoms with Crippen molar-refractivity contribution in [3.63, 3.8) is 0 Å². The van der Waals surface area contributed by atoms with E-state index in [2.05, 4.69) is 10.2 Å². The van der Waals surface area contributed by atoms with Crippen LogP contribution in [0, 0.1) is 10.1 Å². The van der Waals surface area contributed by atoms with Crippen molar-refractivity contribution in [1.29, 1.82) is 0 Å². The van der Waals surface area contributed by atoms with Crippen LogP contribution in [0.3, 0.4) is 0 Å². The zero-order valence-corrected chi connectivity index (χ0v) is 15.9.